The van der Waals surface area contributed by atoms with Gasteiger partial charge in [-0.3, -0.25) is 15.3 Å². The lowest BCUT2D eigenvalue weighted by Gasteiger charge is -2.35. The van der Waals surface area contributed by atoms with Gasteiger partial charge >= 0.3 is 0 Å². The Kier molecular flexibility index (Phi) is 6.56. The van der Waals surface area contributed by atoms with Gasteiger partial charge in [0.15, 0.2) is 0 Å². The summed E-state index contributed by atoms with van der Waals surface area (Å²) >= 11 is 0. The summed E-state index contributed by atoms with van der Waals surface area (Å²) in [7, 11) is 2.21. The summed E-state index contributed by atoms with van der Waals surface area (Å²) < 4.78 is 0. The van der Waals surface area contributed by atoms with Crippen molar-refractivity contribution in [3.63, 3.8) is 0 Å². The Morgan fingerprint density at radius 3 is 2.13 bits per heavy atom. The Labute approximate surface area is 181 Å². The molecular weight excluding hydrogens is 368 g/mol. The lowest BCUT2D eigenvalue weighted by atomic mass is 10.0. The molecule has 1 N–H and O–H groups in total. The van der Waals surface area contributed by atoms with Crippen LogP contribution >= 0.6 is 0 Å². The van der Waals surface area contributed by atoms with Gasteiger partial charge in [0.1, 0.15) is 0 Å². The Balaban J connectivity index is 1.53. The van der Waals surface area contributed by atoms with Crippen LogP contribution in [-0.2, 0) is 0 Å². The summed E-state index contributed by atoms with van der Waals surface area (Å²) in [5, 5.41) is 2.26. The summed E-state index contributed by atoms with van der Waals surface area (Å²) in [4.78, 5) is 4.98. The molecule has 0 radical (unpaired) electrons. The van der Waals surface area contributed by atoms with Gasteiger partial charge in [-0.05, 0) is 41.3 Å². The van der Waals surface area contributed by atoms with Crippen molar-refractivity contribution in [2.75, 3.05) is 46.3 Å². The maximum absolute atomic E-state index is 3.63. The zero-order valence-electron chi connectivity index (χ0n) is 18.5. The van der Waals surface area contributed by atoms with E-state index in [2.05, 4.69) is 108 Å². The van der Waals surface area contributed by atoms with E-state index in [1.165, 1.54) is 28.0 Å². The standard InChI is InChI=1S/C26H34N4/c1-21(2)18-30-20-22(19-29-15-13-28(3)14-16-29)17-26(27-30)25-11-9-24(10-12-25)23-7-5-4-6-8-23/h4-12,17,20-21,27H,13-16,18-19H2,1-3H3. The molecule has 2 aliphatic rings. The van der Waals surface area contributed by atoms with Gasteiger partial charge in [0, 0.05) is 45.5 Å². The summed E-state index contributed by atoms with van der Waals surface area (Å²) in [5.74, 6) is 0.596. The molecule has 0 spiro atoms. The normalized spacial score (nSPS) is 18.2. The SMILES string of the molecule is CC(C)CN1C=C(CN2CCN(C)CC2)C=C(c2ccc(-c3ccccc3)cc2)N1. The Morgan fingerprint density at radius 2 is 1.47 bits per heavy atom. The summed E-state index contributed by atoms with van der Waals surface area (Å²) in [6.45, 7) is 11.1. The summed E-state index contributed by atoms with van der Waals surface area (Å²) in [5.41, 5.74) is 9.92. The van der Waals surface area contributed by atoms with Crippen LogP contribution in [0.5, 0.6) is 0 Å². The predicted molar refractivity (Wildman–Crippen MR) is 127 cm³/mol. The lowest BCUT2D eigenvalue weighted by molar-refractivity contribution is 0.163. The molecule has 1 fully saturated rings. The third-order valence-corrected chi connectivity index (χ3v) is 5.78. The van der Waals surface area contributed by atoms with Crippen LogP contribution in [-0.4, -0.2) is 61.1 Å². The number of hydrazine groups is 1. The summed E-state index contributed by atoms with van der Waals surface area (Å²) in [6.07, 6.45) is 4.62. The van der Waals surface area contributed by atoms with E-state index in [4.69, 9.17) is 0 Å². The van der Waals surface area contributed by atoms with Gasteiger partial charge in [-0.25, -0.2) is 0 Å². The van der Waals surface area contributed by atoms with Gasteiger partial charge in [-0.1, -0.05) is 68.4 Å². The van der Waals surface area contributed by atoms with E-state index >= 15 is 0 Å². The molecule has 0 bridgehead atoms. The molecule has 2 aromatic carbocycles. The molecule has 4 heteroatoms. The van der Waals surface area contributed by atoms with Crippen LogP contribution in [0.25, 0.3) is 16.8 Å². The van der Waals surface area contributed by atoms with E-state index in [0.29, 0.717) is 5.92 Å². The Bertz CT molecular complexity index is 875. The van der Waals surface area contributed by atoms with Crippen molar-refractivity contribution in [3.05, 3.63) is 78.0 Å². The molecule has 0 aliphatic carbocycles. The molecule has 158 valence electrons. The van der Waals surface area contributed by atoms with Crippen LogP contribution in [0.15, 0.2) is 72.4 Å². The fourth-order valence-corrected chi connectivity index (χ4v) is 4.11. The van der Waals surface area contributed by atoms with Crippen molar-refractivity contribution in [1.29, 1.82) is 0 Å². The molecule has 0 atom stereocenters. The molecule has 1 saturated heterocycles. The first-order chi connectivity index (χ1) is 14.6. The number of nitrogens with one attached hydrogen (secondary N) is 1. The molecule has 2 aliphatic heterocycles. The van der Waals surface area contributed by atoms with Crippen LogP contribution in [0, 0.1) is 5.92 Å². The minimum Gasteiger partial charge on any atom is -0.304 e. The summed E-state index contributed by atoms with van der Waals surface area (Å²) in [6, 6.07) is 19.5. The van der Waals surface area contributed by atoms with Crippen LogP contribution in [0.3, 0.4) is 0 Å². The minimum atomic E-state index is 0.596. The van der Waals surface area contributed by atoms with Crippen LogP contribution in [0.1, 0.15) is 19.4 Å². The third kappa shape index (κ3) is 5.32. The van der Waals surface area contributed by atoms with Crippen LogP contribution < -0.4 is 5.43 Å². The highest BCUT2D eigenvalue weighted by atomic mass is 15.5. The number of benzene rings is 2. The topological polar surface area (TPSA) is 21.8 Å². The molecule has 0 saturated carbocycles. The van der Waals surface area contributed by atoms with E-state index in [1.807, 2.05) is 0 Å². The maximum Gasteiger partial charge on any atom is 0.0618 e. The molecule has 0 unspecified atom stereocenters. The van der Waals surface area contributed by atoms with Crippen molar-refractivity contribution in [3.8, 4) is 11.1 Å². The third-order valence-electron chi connectivity index (χ3n) is 5.78. The largest absolute Gasteiger partial charge is 0.304 e. The Hall–Kier alpha value is -2.56. The molecule has 2 heterocycles. The second kappa shape index (κ2) is 9.50. The van der Waals surface area contributed by atoms with Gasteiger partial charge in [0.2, 0.25) is 0 Å². The van der Waals surface area contributed by atoms with Crippen molar-refractivity contribution < 1.29 is 0 Å². The van der Waals surface area contributed by atoms with Crippen molar-refractivity contribution in [2.24, 2.45) is 5.92 Å². The first-order valence-corrected chi connectivity index (χ1v) is 11.1. The minimum absolute atomic E-state index is 0.596. The number of hydrogen-bond donors (Lipinski definition) is 1. The fourth-order valence-electron chi connectivity index (χ4n) is 4.11. The number of nitrogens with zero attached hydrogens (tertiary/aromatic N) is 3. The quantitative estimate of drug-likeness (QED) is 0.777. The molecule has 2 aromatic rings. The van der Waals surface area contributed by atoms with Crippen molar-refractivity contribution >= 4 is 5.70 Å². The predicted octanol–water partition coefficient (Wildman–Crippen LogP) is 4.30. The number of hydrogen-bond acceptors (Lipinski definition) is 4. The van der Waals surface area contributed by atoms with Crippen LogP contribution in [0.2, 0.25) is 0 Å². The second-order valence-corrected chi connectivity index (χ2v) is 8.94. The fraction of sp³-hybridized carbons (Fsp3) is 0.385. The first kappa shape index (κ1) is 20.7. The van der Waals surface area contributed by atoms with Gasteiger partial charge in [0.25, 0.3) is 0 Å². The molecular formula is C26H34N4. The van der Waals surface area contributed by atoms with E-state index in [-0.39, 0.29) is 0 Å². The molecule has 4 nitrogen and oxygen atoms in total. The van der Waals surface area contributed by atoms with Gasteiger partial charge < -0.3 is 4.90 Å². The maximum atomic E-state index is 3.63. The van der Waals surface area contributed by atoms with Crippen molar-refractivity contribution in [1.82, 2.24) is 20.2 Å². The zero-order valence-corrected chi connectivity index (χ0v) is 18.5. The lowest BCUT2D eigenvalue weighted by Crippen LogP contribution is -2.45. The van der Waals surface area contributed by atoms with E-state index in [1.54, 1.807) is 0 Å². The highest BCUT2D eigenvalue weighted by Gasteiger charge is 2.18. The molecule has 30 heavy (non-hydrogen) atoms. The average molecular weight is 403 g/mol. The van der Waals surface area contributed by atoms with Crippen molar-refractivity contribution in [2.45, 2.75) is 13.8 Å². The van der Waals surface area contributed by atoms with Gasteiger partial charge in [-0.15, -0.1) is 0 Å². The monoisotopic (exact) mass is 402 g/mol. The number of piperazine rings is 1. The highest BCUT2D eigenvalue weighted by Crippen LogP contribution is 2.24. The molecule has 0 aromatic heterocycles. The first-order valence-electron chi connectivity index (χ1n) is 11.1. The smallest absolute Gasteiger partial charge is 0.0618 e. The molecule has 0 amide bonds. The van der Waals surface area contributed by atoms with E-state index in [9.17, 15) is 0 Å². The number of likely N-dealkylation sites (N-methyl/N-ethyl adjacent to an activating group) is 1. The van der Waals surface area contributed by atoms with E-state index in [0.717, 1.165) is 39.3 Å². The Morgan fingerprint density at radius 1 is 0.833 bits per heavy atom. The van der Waals surface area contributed by atoms with Crippen LogP contribution in [0.4, 0.5) is 0 Å². The van der Waals surface area contributed by atoms with Gasteiger partial charge in [-0.2, -0.15) is 0 Å². The molecule has 4 rings (SSSR count). The highest BCUT2D eigenvalue weighted by molar-refractivity contribution is 5.71. The van der Waals surface area contributed by atoms with Gasteiger partial charge in [0.05, 0.1) is 5.70 Å². The second-order valence-electron chi connectivity index (χ2n) is 8.94. The average Bonchev–Trinajstić information content (AvgIpc) is 2.75. The number of rotatable bonds is 6. The van der Waals surface area contributed by atoms with E-state index < -0.39 is 0 Å². The zero-order chi connectivity index (χ0) is 20.9.